The minimum atomic E-state index is -4.75. The van der Waals surface area contributed by atoms with Gasteiger partial charge in [-0.1, -0.05) is 0 Å². The zero-order valence-electron chi connectivity index (χ0n) is 5.00. The molecule has 0 fully saturated rings. The number of rotatable bonds is 1. The Morgan fingerprint density at radius 3 is 1.90 bits per heavy atom. The molecule has 10 heavy (non-hydrogen) atoms. The van der Waals surface area contributed by atoms with Crippen LogP contribution < -0.4 is 0 Å². The van der Waals surface area contributed by atoms with Crippen molar-refractivity contribution in [2.24, 2.45) is 0 Å². The fourth-order valence-corrected chi connectivity index (χ4v) is 0.245. The van der Waals surface area contributed by atoms with Crippen molar-refractivity contribution < 1.29 is 22.4 Å². The zero-order chi connectivity index (χ0) is 8.36. The highest BCUT2D eigenvalue weighted by molar-refractivity contribution is 5.90. The summed E-state index contributed by atoms with van der Waals surface area (Å²) in [7, 11) is 0. The minimum absolute atomic E-state index is 0.671. The molecule has 0 aromatic heterocycles. The molecule has 1 nitrogen and oxygen atoms in total. The van der Waals surface area contributed by atoms with E-state index in [4.69, 9.17) is 0 Å². The summed E-state index contributed by atoms with van der Waals surface area (Å²) in [6, 6.07) is 0. The molecule has 0 spiro atoms. The number of hydrogen-bond acceptors (Lipinski definition) is 1. The molecule has 0 unspecified atom stereocenters. The van der Waals surface area contributed by atoms with E-state index in [2.05, 4.69) is 0 Å². The van der Waals surface area contributed by atoms with Crippen molar-refractivity contribution in [3.8, 4) is 0 Å². The highest BCUT2D eigenvalue weighted by Crippen LogP contribution is 2.19. The molecule has 0 aliphatic heterocycles. The van der Waals surface area contributed by atoms with E-state index in [0.29, 0.717) is 0 Å². The van der Waals surface area contributed by atoms with Crippen LogP contribution in [0.25, 0.3) is 0 Å². The summed E-state index contributed by atoms with van der Waals surface area (Å²) >= 11 is 0. The smallest absolute Gasteiger partial charge is 0.292 e. The maximum Gasteiger partial charge on any atom is 0.412 e. The van der Waals surface area contributed by atoms with Crippen LogP contribution in [-0.4, -0.2) is 12.0 Å². The molecular weight excluding hydrogens is 152 g/mol. The van der Waals surface area contributed by atoms with Crippen molar-refractivity contribution in [2.45, 2.75) is 13.1 Å². The Hall–Kier alpha value is -0.870. The van der Waals surface area contributed by atoms with Gasteiger partial charge in [-0.3, -0.25) is 4.79 Å². The van der Waals surface area contributed by atoms with E-state index in [-0.39, 0.29) is 0 Å². The van der Waals surface area contributed by atoms with Crippen LogP contribution in [0, 0.1) is 0 Å². The molecule has 0 heterocycles. The molecule has 0 amide bonds. The van der Waals surface area contributed by atoms with Gasteiger partial charge in [0.15, 0.2) is 11.6 Å². The van der Waals surface area contributed by atoms with E-state index < -0.39 is 23.9 Å². The molecule has 0 bridgehead atoms. The third-order valence-corrected chi connectivity index (χ3v) is 0.627. The van der Waals surface area contributed by atoms with E-state index in [9.17, 15) is 22.4 Å². The van der Waals surface area contributed by atoms with Gasteiger partial charge < -0.3 is 0 Å². The van der Waals surface area contributed by atoms with Crippen molar-refractivity contribution in [3.05, 3.63) is 11.9 Å². The van der Waals surface area contributed by atoms with Gasteiger partial charge in [-0.05, 0) is 0 Å². The number of Topliss-reactive ketones (excluding diaryl/α,β-unsaturated/α-hetero) is 1. The van der Waals surface area contributed by atoms with Gasteiger partial charge in [0.2, 0.25) is 0 Å². The topological polar surface area (TPSA) is 17.1 Å². The quantitative estimate of drug-likeness (QED) is 0.419. The number of alkyl halides is 3. The van der Waals surface area contributed by atoms with Crippen LogP contribution in [0.3, 0.4) is 0 Å². The molecule has 0 aliphatic carbocycles. The molecule has 0 aliphatic rings. The molecule has 0 radical (unpaired) electrons. The fourth-order valence-electron chi connectivity index (χ4n) is 0.245. The maximum atomic E-state index is 11.8. The summed E-state index contributed by atoms with van der Waals surface area (Å²) in [5.41, 5.74) is 0. The Balaban J connectivity index is 4.32. The average molecular weight is 156 g/mol. The number of allylic oxidation sites excluding steroid dienone is 2. The second-order valence-corrected chi connectivity index (χ2v) is 1.59. The van der Waals surface area contributed by atoms with Crippen molar-refractivity contribution in [2.75, 3.05) is 0 Å². The van der Waals surface area contributed by atoms with Crippen molar-refractivity contribution >= 4 is 5.78 Å². The zero-order valence-corrected chi connectivity index (χ0v) is 5.00. The minimum Gasteiger partial charge on any atom is -0.292 e. The first-order valence-electron chi connectivity index (χ1n) is 2.29. The second kappa shape index (κ2) is 2.81. The lowest BCUT2D eigenvalue weighted by molar-refractivity contribution is -0.116. The Labute approximate surface area is 54.3 Å². The normalized spacial score (nSPS) is 13.5. The lowest BCUT2D eigenvalue weighted by atomic mass is 10.3. The molecule has 0 saturated carbocycles. The van der Waals surface area contributed by atoms with Crippen molar-refractivity contribution in [1.82, 2.24) is 0 Å². The number of hydrogen-bond donors (Lipinski definition) is 0. The van der Waals surface area contributed by atoms with Crippen LogP contribution >= 0.6 is 0 Å². The van der Waals surface area contributed by atoms with E-state index in [1.54, 1.807) is 0 Å². The maximum absolute atomic E-state index is 11.8. The van der Waals surface area contributed by atoms with Gasteiger partial charge in [-0.25, -0.2) is 4.39 Å². The van der Waals surface area contributed by atoms with Gasteiger partial charge in [-0.15, -0.1) is 0 Å². The molecule has 0 N–H and O–H groups in total. The molecule has 0 rings (SSSR count). The lowest BCUT2D eigenvalue weighted by Gasteiger charge is -1.96. The predicted octanol–water partition coefficient (Wildman–Crippen LogP) is 1.99. The molecule has 0 saturated heterocycles. The Bertz CT molecular complexity index is 167. The first-order valence-corrected chi connectivity index (χ1v) is 2.29. The van der Waals surface area contributed by atoms with Gasteiger partial charge in [0, 0.05) is 6.92 Å². The van der Waals surface area contributed by atoms with E-state index in [1.165, 1.54) is 0 Å². The first-order chi connectivity index (χ1) is 4.33. The van der Waals surface area contributed by atoms with Crippen LogP contribution in [0.15, 0.2) is 11.9 Å². The SMILES string of the molecule is CC(=O)/C(F)=C/C(F)(F)F. The average Bonchev–Trinajstić information content (AvgIpc) is 1.60. The summed E-state index contributed by atoms with van der Waals surface area (Å²) in [5.74, 6) is -3.00. The number of carbonyl (C=O) groups excluding carboxylic acids is 1. The molecule has 0 atom stereocenters. The third kappa shape index (κ3) is 4.05. The molecule has 58 valence electrons. The standard InChI is InChI=1S/C5H4F4O/c1-3(10)4(6)2-5(7,8)9/h2H,1H3/b4-2-. The Morgan fingerprint density at radius 1 is 1.40 bits per heavy atom. The fraction of sp³-hybridized carbons (Fsp3) is 0.400. The third-order valence-electron chi connectivity index (χ3n) is 0.627. The lowest BCUT2D eigenvalue weighted by Crippen LogP contribution is -2.04. The summed E-state index contributed by atoms with van der Waals surface area (Å²) in [4.78, 5) is 9.88. The van der Waals surface area contributed by atoms with E-state index >= 15 is 0 Å². The largest absolute Gasteiger partial charge is 0.412 e. The number of halogens is 4. The van der Waals surface area contributed by atoms with Crippen LogP contribution in [-0.2, 0) is 4.79 Å². The summed E-state index contributed by atoms with van der Waals surface area (Å²) < 4.78 is 45.4. The highest BCUT2D eigenvalue weighted by Gasteiger charge is 2.25. The molecule has 0 aromatic rings. The van der Waals surface area contributed by atoms with Gasteiger partial charge >= 0.3 is 6.18 Å². The predicted molar refractivity (Wildman–Crippen MR) is 25.9 cm³/mol. The molecular formula is C5H4F4O. The van der Waals surface area contributed by atoms with Crippen LogP contribution in [0.5, 0.6) is 0 Å². The molecule has 0 aromatic carbocycles. The summed E-state index contributed by atoms with van der Waals surface area (Å²) in [5, 5.41) is 0. The summed E-state index contributed by atoms with van der Waals surface area (Å²) in [6.07, 6.45) is -5.43. The summed E-state index contributed by atoms with van der Waals surface area (Å²) in [6.45, 7) is 0.720. The first kappa shape index (κ1) is 9.13. The van der Waals surface area contributed by atoms with E-state index in [1.807, 2.05) is 0 Å². The van der Waals surface area contributed by atoms with Crippen molar-refractivity contribution in [1.29, 1.82) is 0 Å². The Morgan fingerprint density at radius 2 is 1.80 bits per heavy atom. The number of ketones is 1. The van der Waals surface area contributed by atoms with Crippen molar-refractivity contribution in [3.63, 3.8) is 0 Å². The highest BCUT2D eigenvalue weighted by atomic mass is 19.4. The van der Waals surface area contributed by atoms with E-state index in [0.717, 1.165) is 6.92 Å². The van der Waals surface area contributed by atoms with Gasteiger partial charge in [0.1, 0.15) is 0 Å². The van der Waals surface area contributed by atoms with Gasteiger partial charge in [0.05, 0.1) is 6.08 Å². The van der Waals surface area contributed by atoms with Crippen LogP contribution in [0.2, 0.25) is 0 Å². The van der Waals surface area contributed by atoms with Crippen LogP contribution in [0.4, 0.5) is 17.6 Å². The molecule has 5 heteroatoms. The van der Waals surface area contributed by atoms with Crippen LogP contribution in [0.1, 0.15) is 6.92 Å². The second-order valence-electron chi connectivity index (χ2n) is 1.59. The number of carbonyl (C=O) groups is 1. The van der Waals surface area contributed by atoms with Gasteiger partial charge in [-0.2, -0.15) is 13.2 Å². The Kier molecular flexibility index (Phi) is 2.56. The monoisotopic (exact) mass is 156 g/mol. The van der Waals surface area contributed by atoms with Gasteiger partial charge in [0.25, 0.3) is 0 Å².